The number of rotatable bonds is 7. The van der Waals surface area contributed by atoms with E-state index in [9.17, 15) is 19.7 Å². The fraction of sp³-hybridized carbons (Fsp3) is 0.235. The molecule has 0 saturated carbocycles. The Morgan fingerprint density at radius 3 is 2.74 bits per heavy atom. The van der Waals surface area contributed by atoms with Crippen molar-refractivity contribution in [1.29, 1.82) is 0 Å². The van der Waals surface area contributed by atoms with Gasteiger partial charge in [-0.25, -0.2) is 9.78 Å². The third kappa shape index (κ3) is 5.14. The molecule has 2 rings (SSSR count). The van der Waals surface area contributed by atoms with Crippen molar-refractivity contribution in [3.8, 4) is 5.75 Å². The number of benzene rings is 1. The van der Waals surface area contributed by atoms with Crippen LogP contribution in [-0.4, -0.2) is 34.5 Å². The first-order chi connectivity index (χ1) is 12.8. The molecular formula is C17H16ClN3O6. The van der Waals surface area contributed by atoms with Gasteiger partial charge in [0.2, 0.25) is 0 Å². The summed E-state index contributed by atoms with van der Waals surface area (Å²) in [7, 11) is 0. The van der Waals surface area contributed by atoms with Gasteiger partial charge in [-0.3, -0.25) is 14.9 Å². The Morgan fingerprint density at radius 2 is 2.11 bits per heavy atom. The summed E-state index contributed by atoms with van der Waals surface area (Å²) in [6.07, 6.45) is 0.291. The van der Waals surface area contributed by atoms with Crippen LogP contribution in [0.2, 0.25) is 5.15 Å². The van der Waals surface area contributed by atoms with E-state index in [4.69, 9.17) is 21.1 Å². The number of esters is 1. The lowest BCUT2D eigenvalue weighted by atomic mass is 10.2. The Kier molecular flexibility index (Phi) is 6.67. The van der Waals surface area contributed by atoms with E-state index in [-0.39, 0.29) is 34.4 Å². The van der Waals surface area contributed by atoms with Gasteiger partial charge in [-0.05, 0) is 38.1 Å². The summed E-state index contributed by atoms with van der Waals surface area (Å²) >= 11 is 5.85. The second-order valence-corrected chi connectivity index (χ2v) is 5.61. The SMILES string of the molecule is CCOc1ccc(C(=O)OC(C)C(=O)Nc2cccnc2Cl)cc1[N+](=O)[O-]. The Morgan fingerprint density at radius 1 is 1.37 bits per heavy atom. The van der Waals surface area contributed by atoms with E-state index in [1.165, 1.54) is 31.3 Å². The van der Waals surface area contributed by atoms with E-state index < -0.39 is 22.9 Å². The summed E-state index contributed by atoms with van der Waals surface area (Å²) in [4.78, 5) is 38.6. The second-order valence-electron chi connectivity index (χ2n) is 5.25. The van der Waals surface area contributed by atoms with E-state index in [1.807, 2.05) is 0 Å². The molecule has 142 valence electrons. The van der Waals surface area contributed by atoms with Gasteiger partial charge < -0.3 is 14.8 Å². The van der Waals surface area contributed by atoms with Crippen molar-refractivity contribution in [2.45, 2.75) is 20.0 Å². The van der Waals surface area contributed by atoms with Crippen molar-refractivity contribution in [1.82, 2.24) is 4.98 Å². The molecule has 27 heavy (non-hydrogen) atoms. The zero-order chi connectivity index (χ0) is 20.0. The maximum absolute atomic E-state index is 12.2. The third-order valence-corrected chi connectivity index (χ3v) is 3.66. The van der Waals surface area contributed by atoms with Crippen LogP contribution in [0.5, 0.6) is 5.75 Å². The first-order valence-electron chi connectivity index (χ1n) is 7.87. The largest absolute Gasteiger partial charge is 0.487 e. The third-order valence-electron chi connectivity index (χ3n) is 3.36. The summed E-state index contributed by atoms with van der Waals surface area (Å²) in [5.74, 6) is -1.48. The zero-order valence-corrected chi connectivity index (χ0v) is 15.2. The molecule has 0 bridgehead atoms. The first-order valence-corrected chi connectivity index (χ1v) is 8.24. The molecule has 1 N–H and O–H groups in total. The maximum Gasteiger partial charge on any atom is 0.339 e. The molecule has 0 aliphatic carbocycles. The molecule has 0 aliphatic rings. The van der Waals surface area contributed by atoms with Gasteiger partial charge in [0.25, 0.3) is 5.91 Å². The first kappa shape index (κ1) is 20.1. The van der Waals surface area contributed by atoms with E-state index in [2.05, 4.69) is 10.3 Å². The van der Waals surface area contributed by atoms with Gasteiger partial charge in [0.1, 0.15) is 0 Å². The summed E-state index contributed by atoms with van der Waals surface area (Å²) in [6.45, 7) is 3.28. The predicted molar refractivity (Wildman–Crippen MR) is 97.0 cm³/mol. The van der Waals surface area contributed by atoms with E-state index in [0.29, 0.717) is 0 Å². The van der Waals surface area contributed by atoms with Crippen LogP contribution in [0.1, 0.15) is 24.2 Å². The summed E-state index contributed by atoms with van der Waals surface area (Å²) in [5.41, 5.74) is -0.182. The van der Waals surface area contributed by atoms with Gasteiger partial charge in [-0.2, -0.15) is 0 Å². The molecule has 0 spiro atoms. The Labute approximate surface area is 159 Å². The summed E-state index contributed by atoms with van der Waals surface area (Å²) < 4.78 is 10.2. The maximum atomic E-state index is 12.2. The minimum absolute atomic E-state index is 0.0380. The van der Waals surface area contributed by atoms with Gasteiger partial charge >= 0.3 is 11.7 Å². The smallest absolute Gasteiger partial charge is 0.339 e. The van der Waals surface area contributed by atoms with Crippen LogP contribution >= 0.6 is 11.6 Å². The van der Waals surface area contributed by atoms with Gasteiger partial charge in [0, 0.05) is 12.3 Å². The molecule has 1 aromatic carbocycles. The van der Waals surface area contributed by atoms with Crippen molar-refractivity contribution in [2.75, 3.05) is 11.9 Å². The zero-order valence-electron chi connectivity index (χ0n) is 14.5. The fourth-order valence-corrected chi connectivity index (χ4v) is 2.23. The molecule has 9 nitrogen and oxygen atoms in total. The summed E-state index contributed by atoms with van der Waals surface area (Å²) in [5, 5.41) is 13.7. The molecule has 2 aromatic rings. The average molecular weight is 394 g/mol. The van der Waals surface area contributed by atoms with Gasteiger partial charge in [0.05, 0.1) is 22.8 Å². The van der Waals surface area contributed by atoms with Crippen molar-refractivity contribution in [2.24, 2.45) is 0 Å². The molecule has 1 amide bonds. The van der Waals surface area contributed by atoms with Crippen molar-refractivity contribution in [3.05, 3.63) is 57.4 Å². The standard InChI is InChI=1S/C17H16ClN3O6/c1-3-26-14-7-6-11(9-13(14)21(24)25)17(23)27-10(2)16(22)20-12-5-4-8-19-15(12)18/h4-10H,3H2,1-2H3,(H,20,22). The van der Waals surface area contributed by atoms with E-state index in [0.717, 1.165) is 6.07 Å². The normalized spacial score (nSPS) is 11.4. The van der Waals surface area contributed by atoms with Crippen LogP contribution in [0.15, 0.2) is 36.5 Å². The number of nitrogens with zero attached hydrogens (tertiary/aromatic N) is 2. The number of amides is 1. The molecule has 0 radical (unpaired) electrons. The molecule has 10 heteroatoms. The van der Waals surface area contributed by atoms with Crippen molar-refractivity contribution >= 4 is 34.9 Å². The minimum Gasteiger partial charge on any atom is -0.487 e. The molecule has 0 fully saturated rings. The van der Waals surface area contributed by atoms with Crippen molar-refractivity contribution in [3.63, 3.8) is 0 Å². The Bertz CT molecular complexity index is 873. The minimum atomic E-state index is -1.17. The second kappa shape index (κ2) is 8.95. The van der Waals surface area contributed by atoms with Crippen LogP contribution in [0.3, 0.4) is 0 Å². The number of halogens is 1. The van der Waals surface area contributed by atoms with Crippen molar-refractivity contribution < 1.29 is 24.0 Å². The number of pyridine rings is 1. The number of nitro groups is 1. The average Bonchev–Trinajstić information content (AvgIpc) is 2.63. The topological polar surface area (TPSA) is 121 Å². The Balaban J connectivity index is 2.09. The summed E-state index contributed by atoms with van der Waals surface area (Å²) in [6, 6.07) is 6.78. The van der Waals surface area contributed by atoms with Crippen LogP contribution in [0.4, 0.5) is 11.4 Å². The number of nitro benzene ring substituents is 1. The highest BCUT2D eigenvalue weighted by Crippen LogP contribution is 2.28. The highest BCUT2D eigenvalue weighted by atomic mass is 35.5. The van der Waals surface area contributed by atoms with Crippen LogP contribution in [-0.2, 0) is 9.53 Å². The monoisotopic (exact) mass is 393 g/mol. The number of hydrogen-bond donors (Lipinski definition) is 1. The number of aromatic nitrogens is 1. The number of carbonyl (C=O) groups is 2. The lowest BCUT2D eigenvalue weighted by molar-refractivity contribution is -0.385. The molecule has 1 aromatic heterocycles. The van der Waals surface area contributed by atoms with Gasteiger partial charge in [0.15, 0.2) is 17.0 Å². The quantitative estimate of drug-likeness (QED) is 0.331. The highest BCUT2D eigenvalue weighted by Gasteiger charge is 2.23. The number of carbonyl (C=O) groups excluding carboxylic acids is 2. The Hall–Kier alpha value is -3.20. The van der Waals surface area contributed by atoms with Gasteiger partial charge in [-0.15, -0.1) is 0 Å². The molecular weight excluding hydrogens is 378 g/mol. The fourth-order valence-electron chi connectivity index (χ4n) is 2.06. The lowest BCUT2D eigenvalue weighted by Crippen LogP contribution is -2.30. The highest BCUT2D eigenvalue weighted by molar-refractivity contribution is 6.32. The van der Waals surface area contributed by atoms with Crippen LogP contribution < -0.4 is 10.1 Å². The van der Waals surface area contributed by atoms with E-state index in [1.54, 1.807) is 13.0 Å². The number of hydrogen-bond acceptors (Lipinski definition) is 7. The van der Waals surface area contributed by atoms with E-state index >= 15 is 0 Å². The molecule has 1 unspecified atom stereocenters. The molecule has 0 saturated heterocycles. The van der Waals surface area contributed by atoms with Crippen LogP contribution in [0.25, 0.3) is 0 Å². The predicted octanol–water partition coefficient (Wildman–Crippen LogP) is 3.23. The van der Waals surface area contributed by atoms with Gasteiger partial charge in [-0.1, -0.05) is 11.6 Å². The number of nitrogens with one attached hydrogen (secondary N) is 1. The molecule has 1 atom stereocenters. The van der Waals surface area contributed by atoms with Crippen LogP contribution in [0, 0.1) is 10.1 Å². The molecule has 0 aliphatic heterocycles. The lowest BCUT2D eigenvalue weighted by Gasteiger charge is -2.14. The molecule has 1 heterocycles. The number of ether oxygens (including phenoxy) is 2. The number of anilines is 1.